The van der Waals surface area contributed by atoms with Crippen LogP contribution in [0, 0.1) is 12.7 Å². The molecule has 5 rings (SSSR count). The molecule has 0 unspecified atom stereocenters. The van der Waals surface area contributed by atoms with Crippen molar-refractivity contribution >= 4 is 28.2 Å². The van der Waals surface area contributed by atoms with Gasteiger partial charge in [-0.3, -0.25) is 0 Å². The normalized spacial score (nSPS) is 16.3. The second-order valence-electron chi connectivity index (χ2n) is 8.47. The van der Waals surface area contributed by atoms with Gasteiger partial charge in [0.05, 0.1) is 17.3 Å². The van der Waals surface area contributed by atoms with Crippen molar-refractivity contribution in [3.8, 4) is 5.69 Å². The van der Waals surface area contributed by atoms with Crippen molar-refractivity contribution in [2.75, 3.05) is 37.4 Å². The Kier molecular flexibility index (Phi) is 5.22. The summed E-state index contributed by atoms with van der Waals surface area (Å²) in [5.74, 6) is 0.299. The number of halogens is 1. The van der Waals surface area contributed by atoms with Crippen LogP contribution < -0.4 is 10.2 Å². The highest BCUT2D eigenvalue weighted by Gasteiger charge is 2.24. The average Bonchev–Trinajstić information content (AvgIpc) is 3.45. The zero-order chi connectivity index (χ0) is 22.2. The number of nitrogens with one attached hydrogen (secondary N) is 1. The van der Waals surface area contributed by atoms with E-state index in [1.165, 1.54) is 30.6 Å². The average molecular weight is 432 g/mol. The number of aromatic nitrogens is 4. The summed E-state index contributed by atoms with van der Waals surface area (Å²) in [5.41, 5.74) is 4.44. The third-order valence-electron chi connectivity index (χ3n) is 6.17. The van der Waals surface area contributed by atoms with Gasteiger partial charge in [-0.05, 0) is 69.4 Å². The molecule has 0 saturated carbocycles. The van der Waals surface area contributed by atoms with Crippen LogP contribution in [0.3, 0.4) is 0 Å². The summed E-state index contributed by atoms with van der Waals surface area (Å²) in [5, 5.41) is 8.55. The van der Waals surface area contributed by atoms with Gasteiger partial charge in [0, 0.05) is 30.5 Å². The molecule has 1 fully saturated rings. The first-order valence-electron chi connectivity index (χ1n) is 10.7. The van der Waals surface area contributed by atoms with Crippen LogP contribution >= 0.6 is 0 Å². The van der Waals surface area contributed by atoms with Crippen LogP contribution in [0.4, 0.5) is 21.6 Å². The highest BCUT2D eigenvalue weighted by atomic mass is 19.1. The zero-order valence-corrected chi connectivity index (χ0v) is 18.5. The van der Waals surface area contributed by atoms with Gasteiger partial charge in [0.2, 0.25) is 0 Å². The standard InChI is InChI=1S/C24H26FN7/c1-16-4-5-17(25)12-22(16)29-23-21-13-28-32(24(21)27-15-26-23)19-8-6-18(7-9-19)31-11-10-20(14-31)30(2)3/h4-9,12-13,15,20H,10-11,14H2,1-3H3,(H,26,27,29)/t20-/m1/s1. The molecule has 1 atom stereocenters. The predicted octanol–water partition coefficient (Wildman–Crippen LogP) is 4.15. The summed E-state index contributed by atoms with van der Waals surface area (Å²) in [6.45, 7) is 4.03. The molecular weight excluding hydrogens is 405 g/mol. The predicted molar refractivity (Wildman–Crippen MR) is 125 cm³/mol. The van der Waals surface area contributed by atoms with Gasteiger partial charge in [-0.1, -0.05) is 6.07 Å². The third-order valence-corrected chi connectivity index (χ3v) is 6.17. The number of fused-ring (bicyclic) bond motifs is 1. The maximum Gasteiger partial charge on any atom is 0.168 e. The van der Waals surface area contributed by atoms with Crippen molar-refractivity contribution in [1.82, 2.24) is 24.6 Å². The number of nitrogens with zero attached hydrogens (tertiary/aromatic N) is 6. The SMILES string of the molecule is Cc1ccc(F)cc1Nc1ncnc2c1cnn2-c1ccc(N2CC[C@@H](N(C)C)C2)cc1. The van der Waals surface area contributed by atoms with Crippen LogP contribution in [0.15, 0.2) is 55.0 Å². The lowest BCUT2D eigenvalue weighted by Gasteiger charge is -2.22. The topological polar surface area (TPSA) is 62.1 Å². The fourth-order valence-electron chi connectivity index (χ4n) is 4.19. The molecule has 1 saturated heterocycles. The highest BCUT2D eigenvalue weighted by molar-refractivity contribution is 5.89. The molecule has 0 bridgehead atoms. The summed E-state index contributed by atoms with van der Waals surface area (Å²) in [6.07, 6.45) is 4.41. The van der Waals surface area contributed by atoms with Gasteiger partial charge in [-0.15, -0.1) is 0 Å². The number of benzene rings is 2. The largest absolute Gasteiger partial charge is 0.370 e. The minimum atomic E-state index is -0.297. The summed E-state index contributed by atoms with van der Waals surface area (Å²) in [7, 11) is 4.28. The third kappa shape index (κ3) is 3.78. The van der Waals surface area contributed by atoms with Crippen LogP contribution in [-0.4, -0.2) is 57.9 Å². The number of anilines is 3. The van der Waals surface area contributed by atoms with E-state index < -0.39 is 0 Å². The lowest BCUT2D eigenvalue weighted by atomic mass is 10.2. The Morgan fingerprint density at radius 2 is 1.84 bits per heavy atom. The summed E-state index contributed by atoms with van der Waals surface area (Å²) >= 11 is 0. The van der Waals surface area contributed by atoms with Gasteiger partial charge in [0.15, 0.2) is 5.65 Å². The number of aryl methyl sites for hydroxylation is 1. The smallest absolute Gasteiger partial charge is 0.168 e. The van der Waals surface area contributed by atoms with E-state index in [2.05, 4.69) is 68.5 Å². The number of hydrogen-bond donors (Lipinski definition) is 1. The van der Waals surface area contributed by atoms with Crippen molar-refractivity contribution in [2.24, 2.45) is 0 Å². The molecule has 4 aromatic rings. The molecular formula is C24H26FN7. The van der Waals surface area contributed by atoms with Crippen molar-refractivity contribution in [3.05, 3.63) is 66.4 Å². The molecule has 1 aliphatic rings. The maximum atomic E-state index is 13.7. The molecule has 2 aromatic carbocycles. The minimum absolute atomic E-state index is 0.297. The Labute approximate surface area is 186 Å². The Balaban J connectivity index is 1.42. The van der Waals surface area contributed by atoms with E-state index in [9.17, 15) is 4.39 Å². The molecule has 0 aliphatic carbocycles. The van der Waals surface area contributed by atoms with Crippen molar-refractivity contribution in [1.29, 1.82) is 0 Å². The maximum absolute atomic E-state index is 13.7. The van der Waals surface area contributed by atoms with E-state index in [0.29, 0.717) is 23.2 Å². The fraction of sp³-hybridized carbons (Fsp3) is 0.292. The van der Waals surface area contributed by atoms with E-state index in [0.717, 1.165) is 29.7 Å². The first kappa shape index (κ1) is 20.4. The molecule has 164 valence electrons. The summed E-state index contributed by atoms with van der Waals surface area (Å²) in [6, 6.07) is 13.6. The second kappa shape index (κ2) is 8.20. The van der Waals surface area contributed by atoms with Crippen LogP contribution in [0.1, 0.15) is 12.0 Å². The van der Waals surface area contributed by atoms with Gasteiger partial charge in [-0.2, -0.15) is 5.10 Å². The lowest BCUT2D eigenvalue weighted by molar-refractivity contribution is 0.315. The first-order chi connectivity index (χ1) is 15.5. The quantitative estimate of drug-likeness (QED) is 0.512. The number of likely N-dealkylation sites (N-methyl/N-ethyl adjacent to an activating group) is 1. The minimum Gasteiger partial charge on any atom is -0.370 e. The Hall–Kier alpha value is -3.52. The van der Waals surface area contributed by atoms with E-state index >= 15 is 0 Å². The van der Waals surface area contributed by atoms with Gasteiger partial charge < -0.3 is 15.1 Å². The molecule has 7 nitrogen and oxygen atoms in total. The molecule has 1 N–H and O–H groups in total. The first-order valence-corrected chi connectivity index (χ1v) is 10.7. The van der Waals surface area contributed by atoms with Crippen molar-refractivity contribution in [3.63, 3.8) is 0 Å². The van der Waals surface area contributed by atoms with E-state index in [4.69, 9.17) is 0 Å². The van der Waals surface area contributed by atoms with Gasteiger partial charge in [0.25, 0.3) is 0 Å². The Morgan fingerprint density at radius 3 is 2.59 bits per heavy atom. The molecule has 3 heterocycles. The van der Waals surface area contributed by atoms with Gasteiger partial charge in [0.1, 0.15) is 18.0 Å². The van der Waals surface area contributed by atoms with E-state index in [-0.39, 0.29) is 5.82 Å². The molecule has 1 aliphatic heterocycles. The highest BCUT2D eigenvalue weighted by Crippen LogP contribution is 2.28. The second-order valence-corrected chi connectivity index (χ2v) is 8.47. The van der Waals surface area contributed by atoms with Gasteiger partial charge in [-0.25, -0.2) is 19.0 Å². The molecule has 0 spiro atoms. The molecule has 32 heavy (non-hydrogen) atoms. The molecule has 0 amide bonds. The van der Waals surface area contributed by atoms with Crippen LogP contribution in [0.2, 0.25) is 0 Å². The zero-order valence-electron chi connectivity index (χ0n) is 18.5. The van der Waals surface area contributed by atoms with Crippen molar-refractivity contribution < 1.29 is 4.39 Å². The van der Waals surface area contributed by atoms with E-state index in [1.807, 2.05) is 6.92 Å². The monoisotopic (exact) mass is 431 g/mol. The molecule has 0 radical (unpaired) electrons. The van der Waals surface area contributed by atoms with Gasteiger partial charge >= 0.3 is 0 Å². The Morgan fingerprint density at radius 1 is 1.06 bits per heavy atom. The Bertz CT molecular complexity index is 1250. The van der Waals surface area contributed by atoms with E-state index in [1.54, 1.807) is 16.9 Å². The summed E-state index contributed by atoms with van der Waals surface area (Å²) < 4.78 is 15.5. The van der Waals surface area contributed by atoms with Crippen molar-refractivity contribution in [2.45, 2.75) is 19.4 Å². The molecule has 2 aromatic heterocycles. The number of rotatable bonds is 5. The van der Waals surface area contributed by atoms with Crippen LogP contribution in [-0.2, 0) is 0 Å². The summed E-state index contributed by atoms with van der Waals surface area (Å²) in [4.78, 5) is 13.5. The fourth-order valence-corrected chi connectivity index (χ4v) is 4.19. The van der Waals surface area contributed by atoms with Crippen LogP contribution in [0.25, 0.3) is 16.7 Å². The van der Waals surface area contributed by atoms with Crippen LogP contribution in [0.5, 0.6) is 0 Å². The number of hydrogen-bond acceptors (Lipinski definition) is 6. The lowest BCUT2D eigenvalue weighted by Crippen LogP contribution is -2.31. The molecule has 8 heteroatoms.